The van der Waals surface area contributed by atoms with E-state index in [9.17, 15) is 8.78 Å². The van der Waals surface area contributed by atoms with Crippen molar-refractivity contribution in [1.29, 1.82) is 0 Å². The lowest BCUT2D eigenvalue weighted by atomic mass is 10.00. The number of halogens is 3. The molecule has 0 radical (unpaired) electrons. The molecule has 0 saturated heterocycles. The Kier molecular flexibility index (Phi) is 3.12. The molecule has 0 aromatic heterocycles. The molecule has 0 aliphatic carbocycles. The predicted octanol–water partition coefficient (Wildman–Crippen LogP) is 4.27. The van der Waals surface area contributed by atoms with Crippen LogP contribution in [-0.4, -0.2) is 0 Å². The minimum Gasteiger partial charge on any atom is -0.207 e. The molecule has 0 amide bonds. The van der Waals surface area contributed by atoms with Gasteiger partial charge in [-0.1, -0.05) is 17.5 Å². The first kappa shape index (κ1) is 11.6. The van der Waals surface area contributed by atoms with Gasteiger partial charge in [0, 0.05) is 21.7 Å². The zero-order chi connectivity index (χ0) is 12.4. The molecule has 0 aliphatic rings. The monoisotopic (exact) mass is 248 g/mol. The lowest BCUT2D eigenvalue weighted by molar-refractivity contribution is 0.626. The standard InChI is InChI=1S/C14H7ClF2/c1-2-9-3-4-10(16)7-12(9)13-8-11(17)5-6-14(13)15/h1,3-8H. The van der Waals surface area contributed by atoms with Crippen LogP contribution in [0.4, 0.5) is 8.78 Å². The quantitative estimate of drug-likeness (QED) is 0.662. The second-order valence-electron chi connectivity index (χ2n) is 3.46. The molecule has 0 nitrogen and oxygen atoms in total. The molecule has 0 aliphatic heterocycles. The van der Waals surface area contributed by atoms with E-state index in [0.29, 0.717) is 21.7 Å². The van der Waals surface area contributed by atoms with Crippen molar-refractivity contribution < 1.29 is 8.78 Å². The highest BCUT2D eigenvalue weighted by atomic mass is 35.5. The molecule has 0 saturated carbocycles. The van der Waals surface area contributed by atoms with Crippen LogP contribution in [-0.2, 0) is 0 Å². The molecule has 0 spiro atoms. The minimum absolute atomic E-state index is 0.327. The van der Waals surface area contributed by atoms with E-state index in [2.05, 4.69) is 5.92 Å². The van der Waals surface area contributed by atoms with Gasteiger partial charge in [-0.05, 0) is 36.4 Å². The Hall–Kier alpha value is -1.85. The normalized spacial score (nSPS) is 10.0. The van der Waals surface area contributed by atoms with Gasteiger partial charge in [0.15, 0.2) is 0 Å². The topological polar surface area (TPSA) is 0 Å². The Morgan fingerprint density at radius 3 is 2.18 bits per heavy atom. The third kappa shape index (κ3) is 2.30. The number of rotatable bonds is 1. The van der Waals surface area contributed by atoms with Crippen LogP contribution in [0.2, 0.25) is 5.02 Å². The Balaban J connectivity index is 2.72. The summed E-state index contributed by atoms with van der Waals surface area (Å²) >= 11 is 5.95. The lowest BCUT2D eigenvalue weighted by Crippen LogP contribution is -1.88. The van der Waals surface area contributed by atoms with Gasteiger partial charge in [0.05, 0.1) is 0 Å². The maximum atomic E-state index is 13.2. The van der Waals surface area contributed by atoms with E-state index in [1.165, 1.54) is 36.4 Å². The van der Waals surface area contributed by atoms with Gasteiger partial charge in [0.25, 0.3) is 0 Å². The molecule has 2 aromatic rings. The van der Waals surface area contributed by atoms with Gasteiger partial charge < -0.3 is 0 Å². The second-order valence-corrected chi connectivity index (χ2v) is 3.87. The van der Waals surface area contributed by atoms with Gasteiger partial charge in [0.2, 0.25) is 0 Å². The summed E-state index contributed by atoms with van der Waals surface area (Å²) in [6.07, 6.45) is 5.32. The van der Waals surface area contributed by atoms with Crippen molar-refractivity contribution in [1.82, 2.24) is 0 Å². The summed E-state index contributed by atoms with van der Waals surface area (Å²) in [5.74, 6) is 1.53. The van der Waals surface area contributed by atoms with Gasteiger partial charge >= 0.3 is 0 Å². The van der Waals surface area contributed by atoms with Crippen molar-refractivity contribution in [3.63, 3.8) is 0 Å². The highest BCUT2D eigenvalue weighted by molar-refractivity contribution is 6.33. The predicted molar refractivity (Wildman–Crippen MR) is 64.7 cm³/mol. The summed E-state index contributed by atoms with van der Waals surface area (Å²) in [4.78, 5) is 0. The molecule has 3 heteroatoms. The molecule has 84 valence electrons. The van der Waals surface area contributed by atoms with Crippen LogP contribution in [0.25, 0.3) is 11.1 Å². The Labute approximate surface area is 103 Å². The molecule has 0 fully saturated rings. The highest BCUT2D eigenvalue weighted by Gasteiger charge is 2.10. The molecule has 0 unspecified atom stereocenters. The fraction of sp³-hybridized carbons (Fsp3) is 0. The first-order chi connectivity index (χ1) is 8.11. The van der Waals surface area contributed by atoms with Crippen molar-refractivity contribution in [3.8, 4) is 23.5 Å². The summed E-state index contributed by atoms with van der Waals surface area (Å²) in [5, 5.41) is 0.327. The van der Waals surface area contributed by atoms with E-state index in [1.54, 1.807) is 0 Å². The van der Waals surface area contributed by atoms with E-state index in [1.807, 2.05) is 0 Å². The molecule has 0 heterocycles. The largest absolute Gasteiger partial charge is 0.207 e. The summed E-state index contributed by atoms with van der Waals surface area (Å²) in [6, 6.07) is 7.85. The fourth-order valence-electron chi connectivity index (χ4n) is 1.57. The lowest BCUT2D eigenvalue weighted by Gasteiger charge is -2.07. The van der Waals surface area contributed by atoms with Crippen molar-refractivity contribution in [2.45, 2.75) is 0 Å². The Bertz CT molecular complexity index is 612. The van der Waals surface area contributed by atoms with E-state index in [-0.39, 0.29) is 0 Å². The molecule has 0 atom stereocenters. The molecule has 0 bridgehead atoms. The molecule has 17 heavy (non-hydrogen) atoms. The van der Waals surface area contributed by atoms with Crippen molar-refractivity contribution in [3.05, 3.63) is 58.6 Å². The van der Waals surface area contributed by atoms with Crippen LogP contribution >= 0.6 is 11.6 Å². The first-order valence-corrected chi connectivity index (χ1v) is 5.21. The van der Waals surface area contributed by atoms with Gasteiger partial charge in [-0.2, -0.15) is 0 Å². The van der Waals surface area contributed by atoms with E-state index in [4.69, 9.17) is 18.0 Å². The first-order valence-electron chi connectivity index (χ1n) is 4.83. The number of terminal acetylenes is 1. The van der Waals surface area contributed by atoms with Crippen LogP contribution in [0.3, 0.4) is 0 Å². The maximum absolute atomic E-state index is 13.2. The van der Waals surface area contributed by atoms with Crippen molar-refractivity contribution >= 4 is 11.6 Å². The van der Waals surface area contributed by atoms with E-state index in [0.717, 1.165) is 0 Å². The number of benzene rings is 2. The summed E-state index contributed by atoms with van der Waals surface area (Å²) < 4.78 is 26.4. The third-order valence-electron chi connectivity index (χ3n) is 2.36. The minimum atomic E-state index is -0.448. The molecule has 2 rings (SSSR count). The summed E-state index contributed by atoms with van der Waals surface area (Å²) in [6.45, 7) is 0. The molecular weight excluding hydrogens is 242 g/mol. The second kappa shape index (κ2) is 4.57. The van der Waals surface area contributed by atoms with Gasteiger partial charge in [-0.25, -0.2) is 8.78 Å². The smallest absolute Gasteiger partial charge is 0.123 e. The van der Waals surface area contributed by atoms with Crippen molar-refractivity contribution in [2.75, 3.05) is 0 Å². The fourth-order valence-corrected chi connectivity index (χ4v) is 1.79. The Morgan fingerprint density at radius 1 is 0.941 bits per heavy atom. The number of hydrogen-bond acceptors (Lipinski definition) is 0. The van der Waals surface area contributed by atoms with Gasteiger partial charge in [-0.15, -0.1) is 6.42 Å². The van der Waals surface area contributed by atoms with Gasteiger partial charge in [-0.3, -0.25) is 0 Å². The van der Waals surface area contributed by atoms with Gasteiger partial charge in [0.1, 0.15) is 11.6 Å². The molecule has 0 N–H and O–H groups in total. The molecular formula is C14H7ClF2. The average molecular weight is 249 g/mol. The van der Waals surface area contributed by atoms with Crippen LogP contribution in [0, 0.1) is 24.0 Å². The summed E-state index contributed by atoms with van der Waals surface area (Å²) in [5.41, 5.74) is 1.27. The van der Waals surface area contributed by atoms with Crippen LogP contribution in [0.5, 0.6) is 0 Å². The number of hydrogen-bond donors (Lipinski definition) is 0. The average Bonchev–Trinajstić information content (AvgIpc) is 2.32. The van der Waals surface area contributed by atoms with E-state index >= 15 is 0 Å². The third-order valence-corrected chi connectivity index (χ3v) is 2.69. The van der Waals surface area contributed by atoms with Crippen LogP contribution in [0.15, 0.2) is 36.4 Å². The zero-order valence-electron chi connectivity index (χ0n) is 8.68. The maximum Gasteiger partial charge on any atom is 0.123 e. The van der Waals surface area contributed by atoms with Crippen LogP contribution < -0.4 is 0 Å². The van der Waals surface area contributed by atoms with Crippen molar-refractivity contribution in [2.24, 2.45) is 0 Å². The summed E-state index contributed by atoms with van der Waals surface area (Å²) in [7, 11) is 0. The highest BCUT2D eigenvalue weighted by Crippen LogP contribution is 2.31. The zero-order valence-corrected chi connectivity index (χ0v) is 9.43. The van der Waals surface area contributed by atoms with E-state index < -0.39 is 11.6 Å². The van der Waals surface area contributed by atoms with Crippen LogP contribution in [0.1, 0.15) is 5.56 Å². The SMILES string of the molecule is C#Cc1ccc(F)cc1-c1cc(F)ccc1Cl. The Morgan fingerprint density at radius 2 is 1.53 bits per heavy atom. The molecule has 2 aromatic carbocycles.